The van der Waals surface area contributed by atoms with Crippen LogP contribution in [0.1, 0.15) is 15.9 Å². The third-order valence-corrected chi connectivity index (χ3v) is 4.11. The van der Waals surface area contributed by atoms with Crippen LogP contribution in [0.15, 0.2) is 42.5 Å². The van der Waals surface area contributed by atoms with Crippen molar-refractivity contribution in [3.05, 3.63) is 63.7 Å². The fourth-order valence-electron chi connectivity index (χ4n) is 1.91. The van der Waals surface area contributed by atoms with Gasteiger partial charge in [0.15, 0.2) is 11.5 Å². The molecule has 0 aromatic heterocycles. The highest BCUT2D eigenvalue weighted by atomic mass is 32.2. The minimum atomic E-state index is -0.453. The molecule has 0 spiro atoms. The van der Waals surface area contributed by atoms with Gasteiger partial charge in [-0.05, 0) is 23.8 Å². The lowest BCUT2D eigenvalue weighted by Crippen LogP contribution is -1.97. The van der Waals surface area contributed by atoms with E-state index in [1.807, 2.05) is 0 Å². The third kappa shape index (κ3) is 4.23. The van der Waals surface area contributed by atoms with Crippen molar-refractivity contribution in [2.24, 2.45) is 0 Å². The molecule has 7 heteroatoms. The van der Waals surface area contributed by atoms with Crippen LogP contribution in [0.5, 0.6) is 11.5 Å². The Morgan fingerprint density at radius 1 is 1.09 bits per heavy atom. The Bertz CT molecular complexity index is 715. The average Bonchev–Trinajstić information content (AvgIpc) is 2.59. The van der Waals surface area contributed by atoms with E-state index in [1.54, 1.807) is 30.3 Å². The van der Waals surface area contributed by atoms with Gasteiger partial charge in [0.05, 0.1) is 19.1 Å². The van der Waals surface area contributed by atoms with Gasteiger partial charge in [-0.3, -0.25) is 14.9 Å². The molecule has 0 aliphatic carbocycles. The highest BCUT2D eigenvalue weighted by Gasteiger charge is 2.12. The maximum atomic E-state index is 12.2. The van der Waals surface area contributed by atoms with Crippen LogP contribution in [0.3, 0.4) is 0 Å². The third-order valence-electron chi connectivity index (χ3n) is 3.14. The SMILES string of the molecule is COc1ccc(C(=O)SCc2ccc([N+](=O)[O-])cc2)cc1OC. The summed E-state index contributed by atoms with van der Waals surface area (Å²) >= 11 is 1.12. The quantitative estimate of drug-likeness (QED) is 0.592. The second-order valence-corrected chi connectivity index (χ2v) is 5.52. The number of carbonyl (C=O) groups is 1. The van der Waals surface area contributed by atoms with E-state index in [0.717, 1.165) is 17.3 Å². The minimum Gasteiger partial charge on any atom is -0.493 e. The number of thioether (sulfide) groups is 1. The summed E-state index contributed by atoms with van der Waals surface area (Å²) < 4.78 is 10.3. The first-order valence-corrected chi connectivity index (χ1v) is 7.66. The molecule has 6 nitrogen and oxygen atoms in total. The molecule has 0 heterocycles. The standard InChI is InChI=1S/C16H15NO5S/c1-21-14-8-5-12(9-15(14)22-2)16(18)23-10-11-3-6-13(7-4-11)17(19)20/h3-9H,10H2,1-2H3. The molecule has 0 saturated carbocycles. The number of rotatable bonds is 6. The van der Waals surface area contributed by atoms with Crippen molar-refractivity contribution in [3.8, 4) is 11.5 Å². The molecule has 0 bridgehead atoms. The van der Waals surface area contributed by atoms with Gasteiger partial charge in [0.25, 0.3) is 5.69 Å². The molecule has 2 rings (SSSR count). The van der Waals surface area contributed by atoms with Crippen LogP contribution in [0.4, 0.5) is 5.69 Å². The van der Waals surface area contributed by atoms with Gasteiger partial charge in [-0.25, -0.2) is 0 Å². The van der Waals surface area contributed by atoms with Gasteiger partial charge in [0.1, 0.15) is 0 Å². The molecule has 0 atom stereocenters. The Balaban J connectivity index is 2.03. The molecular weight excluding hydrogens is 318 g/mol. The maximum absolute atomic E-state index is 12.2. The predicted molar refractivity (Wildman–Crippen MR) is 88.3 cm³/mol. The van der Waals surface area contributed by atoms with Crippen molar-refractivity contribution in [1.82, 2.24) is 0 Å². The number of nitro benzene ring substituents is 1. The van der Waals surface area contributed by atoms with E-state index in [-0.39, 0.29) is 10.8 Å². The van der Waals surface area contributed by atoms with Crippen LogP contribution >= 0.6 is 11.8 Å². The molecule has 0 radical (unpaired) electrons. The van der Waals surface area contributed by atoms with Gasteiger partial charge >= 0.3 is 0 Å². The first kappa shape index (κ1) is 16.8. The number of nitrogens with zero attached hydrogens (tertiary/aromatic N) is 1. The molecule has 2 aromatic rings. The van der Waals surface area contributed by atoms with Gasteiger partial charge in [-0.2, -0.15) is 0 Å². The van der Waals surface area contributed by atoms with E-state index in [2.05, 4.69) is 0 Å². The monoisotopic (exact) mass is 333 g/mol. The molecule has 0 amide bonds. The zero-order chi connectivity index (χ0) is 16.8. The Morgan fingerprint density at radius 2 is 1.74 bits per heavy atom. The molecule has 2 aromatic carbocycles. The van der Waals surface area contributed by atoms with Crippen molar-refractivity contribution in [3.63, 3.8) is 0 Å². The molecular formula is C16H15NO5S. The van der Waals surface area contributed by atoms with Gasteiger partial charge < -0.3 is 9.47 Å². The molecule has 0 N–H and O–H groups in total. The summed E-state index contributed by atoms with van der Waals surface area (Å²) in [7, 11) is 3.04. The Hall–Kier alpha value is -2.54. The second-order valence-electron chi connectivity index (χ2n) is 4.57. The number of carbonyl (C=O) groups excluding carboxylic acids is 1. The van der Waals surface area contributed by atoms with E-state index >= 15 is 0 Å². The first-order chi connectivity index (χ1) is 11.0. The van der Waals surface area contributed by atoms with Crippen molar-refractivity contribution in [1.29, 1.82) is 0 Å². The second kappa shape index (κ2) is 7.64. The van der Waals surface area contributed by atoms with E-state index in [1.165, 1.54) is 26.4 Å². The lowest BCUT2D eigenvalue weighted by Gasteiger charge is -2.08. The van der Waals surface area contributed by atoms with E-state index in [9.17, 15) is 14.9 Å². The van der Waals surface area contributed by atoms with Gasteiger partial charge in [0, 0.05) is 23.4 Å². The number of benzene rings is 2. The average molecular weight is 333 g/mol. The normalized spacial score (nSPS) is 10.2. The Kier molecular flexibility index (Phi) is 5.59. The summed E-state index contributed by atoms with van der Waals surface area (Å²) in [6.45, 7) is 0. The molecule has 120 valence electrons. The van der Waals surface area contributed by atoms with E-state index < -0.39 is 4.92 Å². The van der Waals surface area contributed by atoms with Gasteiger partial charge in [-0.15, -0.1) is 0 Å². The largest absolute Gasteiger partial charge is 0.493 e. The van der Waals surface area contributed by atoms with Crippen LogP contribution in [0, 0.1) is 10.1 Å². The van der Waals surface area contributed by atoms with E-state index in [0.29, 0.717) is 22.8 Å². The van der Waals surface area contributed by atoms with Crippen LogP contribution in [0.25, 0.3) is 0 Å². The van der Waals surface area contributed by atoms with Crippen molar-refractivity contribution in [2.75, 3.05) is 14.2 Å². The van der Waals surface area contributed by atoms with E-state index in [4.69, 9.17) is 9.47 Å². The summed E-state index contributed by atoms with van der Waals surface area (Å²) in [6.07, 6.45) is 0. The number of non-ortho nitro benzene ring substituents is 1. The van der Waals surface area contributed by atoms with Crippen molar-refractivity contribution < 1.29 is 19.2 Å². The number of nitro groups is 1. The topological polar surface area (TPSA) is 78.7 Å². The molecule has 23 heavy (non-hydrogen) atoms. The number of methoxy groups -OCH3 is 2. The van der Waals surface area contributed by atoms with Crippen LogP contribution in [-0.4, -0.2) is 24.3 Å². The van der Waals surface area contributed by atoms with Crippen LogP contribution in [-0.2, 0) is 5.75 Å². The fraction of sp³-hybridized carbons (Fsp3) is 0.188. The molecule has 0 unspecified atom stereocenters. The fourth-order valence-corrected chi connectivity index (χ4v) is 2.69. The smallest absolute Gasteiger partial charge is 0.269 e. The van der Waals surface area contributed by atoms with Crippen LogP contribution < -0.4 is 9.47 Å². The minimum absolute atomic E-state index is 0.0324. The Labute approximate surface area is 137 Å². The molecule has 0 fully saturated rings. The number of hydrogen-bond acceptors (Lipinski definition) is 6. The van der Waals surface area contributed by atoms with Crippen molar-refractivity contribution in [2.45, 2.75) is 5.75 Å². The highest BCUT2D eigenvalue weighted by molar-refractivity contribution is 8.13. The molecule has 0 saturated heterocycles. The van der Waals surface area contributed by atoms with Gasteiger partial charge in [0.2, 0.25) is 5.12 Å². The number of hydrogen-bond donors (Lipinski definition) is 0. The molecule has 0 aliphatic heterocycles. The molecule has 0 aliphatic rings. The zero-order valence-corrected chi connectivity index (χ0v) is 13.5. The predicted octanol–water partition coefficient (Wildman–Crippen LogP) is 3.69. The van der Waals surface area contributed by atoms with Gasteiger partial charge in [-0.1, -0.05) is 23.9 Å². The summed E-state index contributed by atoms with van der Waals surface area (Å²) in [5.74, 6) is 1.49. The number of ether oxygens (including phenoxy) is 2. The summed E-state index contributed by atoms with van der Waals surface area (Å²) in [5.41, 5.74) is 1.38. The first-order valence-electron chi connectivity index (χ1n) is 6.67. The summed E-state index contributed by atoms with van der Waals surface area (Å²) in [4.78, 5) is 22.4. The Morgan fingerprint density at radius 3 is 2.30 bits per heavy atom. The maximum Gasteiger partial charge on any atom is 0.269 e. The lowest BCUT2D eigenvalue weighted by atomic mass is 10.2. The zero-order valence-electron chi connectivity index (χ0n) is 12.6. The lowest BCUT2D eigenvalue weighted by molar-refractivity contribution is -0.384. The summed E-state index contributed by atoms with van der Waals surface area (Å²) in [6, 6.07) is 11.1. The van der Waals surface area contributed by atoms with Crippen LogP contribution in [0.2, 0.25) is 0 Å². The summed E-state index contributed by atoms with van der Waals surface area (Å²) in [5, 5.41) is 10.5. The highest BCUT2D eigenvalue weighted by Crippen LogP contribution is 2.29. The van der Waals surface area contributed by atoms with Crippen molar-refractivity contribution >= 4 is 22.6 Å².